The Balaban J connectivity index is 3.06. The second-order valence-electron chi connectivity index (χ2n) is 4.17. The molecule has 0 spiro atoms. The third-order valence-electron chi connectivity index (χ3n) is 2.60. The first kappa shape index (κ1) is 15.2. The summed E-state index contributed by atoms with van der Waals surface area (Å²) in [6, 6.07) is 0. The average molecular weight is 222 g/mol. The summed E-state index contributed by atoms with van der Waals surface area (Å²) in [5.41, 5.74) is 0. The standard InChI is InChI=1S/C15H26O/c1-2-3-4-5-6-7-8-9-10-11-12-13-14-15-16/h5-6,13-15H,2-4,7-12H2,1H3. The fraction of sp³-hybridized carbons (Fsp3) is 0.667. The van der Waals surface area contributed by atoms with E-state index < -0.39 is 0 Å². The minimum Gasteiger partial charge on any atom is -0.299 e. The molecule has 1 nitrogen and oxygen atoms in total. The molecule has 0 rings (SSSR count). The van der Waals surface area contributed by atoms with Gasteiger partial charge in [0.15, 0.2) is 0 Å². The maximum absolute atomic E-state index is 9.99. The van der Waals surface area contributed by atoms with Gasteiger partial charge >= 0.3 is 0 Å². The van der Waals surface area contributed by atoms with E-state index in [0.717, 1.165) is 12.7 Å². The number of allylic oxidation sites excluding steroid dienone is 4. The van der Waals surface area contributed by atoms with Crippen LogP contribution in [0.25, 0.3) is 0 Å². The molecule has 0 aromatic heterocycles. The van der Waals surface area contributed by atoms with E-state index in [-0.39, 0.29) is 0 Å². The summed E-state index contributed by atoms with van der Waals surface area (Å²) < 4.78 is 0. The van der Waals surface area contributed by atoms with Gasteiger partial charge in [-0.15, -0.1) is 0 Å². The molecule has 0 fully saturated rings. The lowest BCUT2D eigenvalue weighted by atomic mass is 10.1. The van der Waals surface area contributed by atoms with Crippen molar-refractivity contribution in [1.29, 1.82) is 0 Å². The van der Waals surface area contributed by atoms with Crippen molar-refractivity contribution in [3.63, 3.8) is 0 Å². The molecule has 0 heterocycles. The number of carbonyl (C=O) groups is 1. The lowest BCUT2D eigenvalue weighted by molar-refractivity contribution is -0.104. The third-order valence-corrected chi connectivity index (χ3v) is 2.60. The highest BCUT2D eigenvalue weighted by Crippen LogP contribution is 2.06. The van der Waals surface area contributed by atoms with Gasteiger partial charge in [0.25, 0.3) is 0 Å². The predicted molar refractivity (Wildman–Crippen MR) is 71.6 cm³/mol. The fourth-order valence-electron chi connectivity index (χ4n) is 1.59. The molecular formula is C15H26O. The highest BCUT2D eigenvalue weighted by molar-refractivity contribution is 5.64. The molecule has 0 amide bonds. The largest absolute Gasteiger partial charge is 0.299 e. The number of hydrogen-bond donors (Lipinski definition) is 0. The van der Waals surface area contributed by atoms with Crippen molar-refractivity contribution < 1.29 is 4.79 Å². The van der Waals surface area contributed by atoms with E-state index in [2.05, 4.69) is 19.1 Å². The van der Waals surface area contributed by atoms with Crippen molar-refractivity contribution in [3.8, 4) is 0 Å². The van der Waals surface area contributed by atoms with Crippen LogP contribution in [0.15, 0.2) is 24.3 Å². The Labute approximate surface area is 101 Å². The van der Waals surface area contributed by atoms with Gasteiger partial charge in [0.05, 0.1) is 0 Å². The highest BCUT2D eigenvalue weighted by atomic mass is 16.1. The summed E-state index contributed by atoms with van der Waals surface area (Å²) in [7, 11) is 0. The molecule has 0 aliphatic carbocycles. The Morgan fingerprint density at radius 2 is 1.31 bits per heavy atom. The number of hydrogen-bond acceptors (Lipinski definition) is 1. The van der Waals surface area contributed by atoms with Gasteiger partial charge in [-0.2, -0.15) is 0 Å². The van der Waals surface area contributed by atoms with Crippen molar-refractivity contribution in [3.05, 3.63) is 24.3 Å². The van der Waals surface area contributed by atoms with Crippen LogP contribution in [0.4, 0.5) is 0 Å². The maximum Gasteiger partial charge on any atom is 0.142 e. The molecule has 16 heavy (non-hydrogen) atoms. The Morgan fingerprint density at radius 1 is 0.750 bits per heavy atom. The summed E-state index contributed by atoms with van der Waals surface area (Å²) in [6.07, 6.45) is 20.3. The Kier molecular flexibility index (Phi) is 13.4. The number of carbonyl (C=O) groups excluding carboxylic acids is 1. The van der Waals surface area contributed by atoms with E-state index in [1.165, 1.54) is 51.4 Å². The molecule has 1 heteroatoms. The fourth-order valence-corrected chi connectivity index (χ4v) is 1.59. The Bertz CT molecular complexity index is 192. The zero-order valence-electron chi connectivity index (χ0n) is 10.7. The van der Waals surface area contributed by atoms with Crippen molar-refractivity contribution in [1.82, 2.24) is 0 Å². The molecule has 0 aliphatic heterocycles. The van der Waals surface area contributed by atoms with Gasteiger partial charge in [-0.25, -0.2) is 0 Å². The molecule has 0 N–H and O–H groups in total. The van der Waals surface area contributed by atoms with E-state index in [0.29, 0.717) is 0 Å². The van der Waals surface area contributed by atoms with Gasteiger partial charge in [-0.3, -0.25) is 4.79 Å². The first-order chi connectivity index (χ1) is 7.91. The maximum atomic E-state index is 9.99. The monoisotopic (exact) mass is 222 g/mol. The number of rotatable bonds is 11. The van der Waals surface area contributed by atoms with Gasteiger partial charge < -0.3 is 0 Å². The average Bonchev–Trinajstić information content (AvgIpc) is 2.31. The van der Waals surface area contributed by atoms with Crippen LogP contribution < -0.4 is 0 Å². The van der Waals surface area contributed by atoms with Crippen LogP contribution in [0, 0.1) is 0 Å². The molecule has 0 aliphatic rings. The van der Waals surface area contributed by atoms with Crippen LogP contribution in [-0.4, -0.2) is 6.29 Å². The van der Waals surface area contributed by atoms with E-state index in [1.807, 2.05) is 6.08 Å². The highest BCUT2D eigenvalue weighted by Gasteiger charge is 1.87. The number of unbranched alkanes of at least 4 members (excludes halogenated alkanes) is 7. The number of aldehydes is 1. The molecule has 0 unspecified atom stereocenters. The molecule has 0 saturated heterocycles. The summed E-state index contributed by atoms with van der Waals surface area (Å²) in [4.78, 5) is 9.99. The van der Waals surface area contributed by atoms with E-state index in [9.17, 15) is 4.79 Å². The molecule has 0 radical (unpaired) electrons. The van der Waals surface area contributed by atoms with Crippen LogP contribution >= 0.6 is 0 Å². The van der Waals surface area contributed by atoms with E-state index in [4.69, 9.17) is 0 Å². The van der Waals surface area contributed by atoms with Crippen LogP contribution in [0.3, 0.4) is 0 Å². The zero-order valence-corrected chi connectivity index (χ0v) is 10.7. The van der Waals surface area contributed by atoms with Gasteiger partial charge in [-0.1, -0.05) is 50.8 Å². The smallest absolute Gasteiger partial charge is 0.142 e. The van der Waals surface area contributed by atoms with E-state index >= 15 is 0 Å². The third kappa shape index (κ3) is 13.2. The van der Waals surface area contributed by atoms with Crippen molar-refractivity contribution >= 4 is 6.29 Å². The molecule has 0 atom stereocenters. The normalized spacial score (nSPS) is 11.6. The minimum atomic E-state index is 0.848. The lowest BCUT2D eigenvalue weighted by Gasteiger charge is -1.96. The predicted octanol–water partition coefficient (Wildman–Crippen LogP) is 4.83. The molecule has 0 aromatic rings. The first-order valence-electron chi connectivity index (χ1n) is 6.67. The summed E-state index contributed by atoms with van der Waals surface area (Å²) in [6.45, 7) is 2.23. The van der Waals surface area contributed by atoms with Crippen LogP contribution in [0.5, 0.6) is 0 Å². The summed E-state index contributed by atoms with van der Waals surface area (Å²) >= 11 is 0. The Hall–Kier alpha value is -0.850. The minimum absolute atomic E-state index is 0.848. The summed E-state index contributed by atoms with van der Waals surface area (Å²) in [5, 5.41) is 0. The zero-order chi connectivity index (χ0) is 11.9. The van der Waals surface area contributed by atoms with Crippen molar-refractivity contribution in [2.45, 2.75) is 64.7 Å². The van der Waals surface area contributed by atoms with Crippen LogP contribution in [0.2, 0.25) is 0 Å². The Morgan fingerprint density at radius 3 is 1.88 bits per heavy atom. The first-order valence-corrected chi connectivity index (χ1v) is 6.67. The van der Waals surface area contributed by atoms with Crippen molar-refractivity contribution in [2.75, 3.05) is 0 Å². The molecule has 0 aromatic carbocycles. The second kappa shape index (κ2) is 14.2. The molecule has 0 saturated carbocycles. The van der Waals surface area contributed by atoms with Gasteiger partial charge in [-0.05, 0) is 38.2 Å². The van der Waals surface area contributed by atoms with Crippen LogP contribution in [-0.2, 0) is 4.79 Å². The SMILES string of the molecule is CCCCC=CCCCCCCC=CC=O. The quantitative estimate of drug-likeness (QED) is 0.212. The van der Waals surface area contributed by atoms with Gasteiger partial charge in [0.2, 0.25) is 0 Å². The molecule has 92 valence electrons. The van der Waals surface area contributed by atoms with Gasteiger partial charge in [0.1, 0.15) is 6.29 Å². The van der Waals surface area contributed by atoms with Gasteiger partial charge in [0, 0.05) is 0 Å². The summed E-state index contributed by atoms with van der Waals surface area (Å²) in [5.74, 6) is 0. The van der Waals surface area contributed by atoms with Crippen molar-refractivity contribution in [2.24, 2.45) is 0 Å². The molecular weight excluding hydrogens is 196 g/mol. The second-order valence-corrected chi connectivity index (χ2v) is 4.17. The van der Waals surface area contributed by atoms with Crippen LogP contribution in [0.1, 0.15) is 64.7 Å². The lowest BCUT2D eigenvalue weighted by Crippen LogP contribution is -1.77. The topological polar surface area (TPSA) is 17.1 Å². The molecule has 0 bridgehead atoms. The van der Waals surface area contributed by atoms with E-state index in [1.54, 1.807) is 6.08 Å².